The number of rotatable bonds is 3. The van der Waals surface area contributed by atoms with E-state index in [4.69, 9.17) is 0 Å². The second-order valence-electron chi connectivity index (χ2n) is 2.68. The van der Waals surface area contributed by atoms with Crippen LogP contribution in [0.1, 0.15) is 11.7 Å². The molecule has 0 fully saturated rings. The second-order valence-corrected chi connectivity index (χ2v) is 3.60. The molecule has 0 heterocycles. The molecule has 1 unspecified atom stereocenters. The normalized spacial score (nSPS) is 12.1. The summed E-state index contributed by atoms with van der Waals surface area (Å²) in [5.41, 5.74) is 0.386. The van der Waals surface area contributed by atoms with E-state index in [0.717, 1.165) is 0 Å². The quantitative estimate of drug-likeness (QED) is 0.514. The van der Waals surface area contributed by atoms with Crippen molar-refractivity contribution in [1.82, 2.24) is 0 Å². The van der Waals surface area contributed by atoms with Crippen molar-refractivity contribution in [1.29, 1.82) is 0 Å². The predicted molar refractivity (Wildman–Crippen MR) is 56.0 cm³/mol. The van der Waals surface area contributed by atoms with Crippen LogP contribution in [-0.2, 0) is 0 Å². The monoisotopic (exact) mass is 257 g/mol. The zero-order valence-corrected chi connectivity index (χ0v) is 8.77. The summed E-state index contributed by atoms with van der Waals surface area (Å²) >= 11 is 3.13. The maximum atomic E-state index is 10.5. The summed E-state index contributed by atoms with van der Waals surface area (Å²) in [5.74, 6) is 0. The van der Waals surface area contributed by atoms with E-state index in [-0.39, 0.29) is 5.69 Å². The molecular formula is C9H8BrNO3. The average Bonchev–Trinajstić information content (AvgIpc) is 2.15. The van der Waals surface area contributed by atoms with Gasteiger partial charge in [0.25, 0.3) is 5.69 Å². The van der Waals surface area contributed by atoms with E-state index in [1.54, 1.807) is 6.07 Å². The first-order valence-electron chi connectivity index (χ1n) is 3.80. The number of nitro groups is 1. The molecule has 1 aromatic carbocycles. The van der Waals surface area contributed by atoms with Gasteiger partial charge in [-0.25, -0.2) is 0 Å². The summed E-state index contributed by atoms with van der Waals surface area (Å²) in [4.78, 5) is 9.98. The average molecular weight is 258 g/mol. The first kappa shape index (κ1) is 10.9. The van der Waals surface area contributed by atoms with Crippen molar-refractivity contribution in [2.75, 3.05) is 0 Å². The first-order valence-corrected chi connectivity index (χ1v) is 4.59. The number of aliphatic hydroxyl groups is 1. The highest BCUT2D eigenvalue weighted by atomic mass is 79.9. The summed E-state index contributed by atoms with van der Waals surface area (Å²) in [6, 6.07) is 4.30. The molecule has 0 amide bonds. The largest absolute Gasteiger partial charge is 0.384 e. The summed E-state index contributed by atoms with van der Waals surface area (Å²) in [6.07, 6.45) is 0.428. The van der Waals surface area contributed by atoms with Gasteiger partial charge in [0, 0.05) is 16.6 Å². The van der Waals surface area contributed by atoms with E-state index >= 15 is 0 Å². The molecule has 1 rings (SSSR count). The Labute approximate surface area is 89.2 Å². The van der Waals surface area contributed by atoms with Crippen molar-refractivity contribution in [3.05, 3.63) is 51.0 Å². The number of aliphatic hydroxyl groups excluding tert-OH is 1. The van der Waals surface area contributed by atoms with E-state index < -0.39 is 11.0 Å². The topological polar surface area (TPSA) is 63.4 Å². The number of nitrogens with zero attached hydrogens (tertiary/aromatic N) is 1. The molecule has 5 heteroatoms. The first-order chi connectivity index (χ1) is 6.54. The molecular weight excluding hydrogens is 250 g/mol. The SMILES string of the molecule is C=CC(O)c1cc(Br)cc([N+](=O)[O-])c1. The van der Waals surface area contributed by atoms with Gasteiger partial charge in [0.15, 0.2) is 0 Å². The molecule has 0 spiro atoms. The minimum atomic E-state index is -0.883. The summed E-state index contributed by atoms with van der Waals surface area (Å²) in [7, 11) is 0. The lowest BCUT2D eigenvalue weighted by molar-refractivity contribution is -0.385. The minimum absolute atomic E-state index is 0.0599. The van der Waals surface area contributed by atoms with Gasteiger partial charge in [0.05, 0.1) is 11.0 Å². The Hall–Kier alpha value is -1.20. The van der Waals surface area contributed by atoms with Crippen LogP contribution >= 0.6 is 15.9 Å². The Kier molecular flexibility index (Phi) is 3.38. The fourth-order valence-electron chi connectivity index (χ4n) is 1.01. The molecule has 1 atom stereocenters. The highest BCUT2D eigenvalue weighted by Crippen LogP contribution is 2.25. The maximum Gasteiger partial charge on any atom is 0.270 e. The number of hydrogen-bond acceptors (Lipinski definition) is 3. The van der Waals surface area contributed by atoms with Crippen molar-refractivity contribution in [2.24, 2.45) is 0 Å². The fourth-order valence-corrected chi connectivity index (χ4v) is 1.51. The van der Waals surface area contributed by atoms with Crippen LogP contribution < -0.4 is 0 Å². The lowest BCUT2D eigenvalue weighted by atomic mass is 10.1. The second kappa shape index (κ2) is 4.34. The van der Waals surface area contributed by atoms with Gasteiger partial charge in [-0.1, -0.05) is 22.0 Å². The molecule has 0 saturated heterocycles. The molecule has 14 heavy (non-hydrogen) atoms. The molecule has 74 valence electrons. The van der Waals surface area contributed by atoms with Crippen LogP contribution in [0.3, 0.4) is 0 Å². The lowest BCUT2D eigenvalue weighted by Crippen LogP contribution is -1.95. The van der Waals surface area contributed by atoms with Crippen molar-refractivity contribution >= 4 is 21.6 Å². The molecule has 0 aliphatic heterocycles. The maximum absolute atomic E-state index is 10.5. The van der Waals surface area contributed by atoms with E-state index in [9.17, 15) is 15.2 Å². The van der Waals surface area contributed by atoms with Crippen LogP contribution in [0.2, 0.25) is 0 Å². The number of non-ortho nitro benzene ring substituents is 1. The van der Waals surface area contributed by atoms with Crippen LogP contribution in [0.4, 0.5) is 5.69 Å². The Bertz CT molecular complexity index is 378. The summed E-state index contributed by atoms with van der Waals surface area (Å²) in [5, 5.41) is 19.9. The molecule has 0 radical (unpaired) electrons. The summed E-state index contributed by atoms with van der Waals surface area (Å²) in [6.45, 7) is 3.41. The number of halogens is 1. The highest BCUT2D eigenvalue weighted by Gasteiger charge is 2.11. The molecule has 1 N–H and O–H groups in total. The fraction of sp³-hybridized carbons (Fsp3) is 0.111. The Morgan fingerprint density at radius 2 is 2.21 bits per heavy atom. The van der Waals surface area contributed by atoms with Crippen LogP contribution in [0.25, 0.3) is 0 Å². The summed E-state index contributed by atoms with van der Waals surface area (Å²) < 4.78 is 0.558. The van der Waals surface area contributed by atoms with Gasteiger partial charge in [-0.3, -0.25) is 10.1 Å². The van der Waals surface area contributed by atoms with E-state index in [1.807, 2.05) is 0 Å². The molecule has 4 nitrogen and oxygen atoms in total. The van der Waals surface area contributed by atoms with Crippen LogP contribution in [0, 0.1) is 10.1 Å². The van der Waals surface area contributed by atoms with Gasteiger partial charge < -0.3 is 5.11 Å². The zero-order valence-electron chi connectivity index (χ0n) is 7.18. The van der Waals surface area contributed by atoms with E-state index in [2.05, 4.69) is 22.5 Å². The lowest BCUT2D eigenvalue weighted by Gasteiger charge is -2.05. The van der Waals surface area contributed by atoms with Gasteiger partial charge in [0.1, 0.15) is 0 Å². The molecule has 0 aliphatic carbocycles. The third-order valence-electron chi connectivity index (χ3n) is 1.68. The Morgan fingerprint density at radius 3 is 2.71 bits per heavy atom. The van der Waals surface area contributed by atoms with Gasteiger partial charge >= 0.3 is 0 Å². The van der Waals surface area contributed by atoms with Crippen molar-refractivity contribution in [3.8, 4) is 0 Å². The van der Waals surface area contributed by atoms with Crippen molar-refractivity contribution in [2.45, 2.75) is 6.10 Å². The van der Waals surface area contributed by atoms with Crippen LogP contribution in [0.15, 0.2) is 35.3 Å². The highest BCUT2D eigenvalue weighted by molar-refractivity contribution is 9.10. The number of nitro benzene ring substituents is 1. The third kappa shape index (κ3) is 2.40. The smallest absolute Gasteiger partial charge is 0.270 e. The third-order valence-corrected chi connectivity index (χ3v) is 2.14. The minimum Gasteiger partial charge on any atom is -0.384 e. The number of hydrogen-bond donors (Lipinski definition) is 1. The predicted octanol–water partition coefficient (Wildman–Crippen LogP) is 2.58. The van der Waals surface area contributed by atoms with Crippen molar-refractivity contribution in [3.63, 3.8) is 0 Å². The van der Waals surface area contributed by atoms with E-state index in [0.29, 0.717) is 10.0 Å². The van der Waals surface area contributed by atoms with Crippen molar-refractivity contribution < 1.29 is 10.0 Å². The Balaban J connectivity index is 3.19. The zero-order chi connectivity index (χ0) is 10.7. The standard InChI is InChI=1S/C9H8BrNO3/c1-2-9(12)6-3-7(10)5-8(4-6)11(13)14/h2-5,9,12H,1H2. The van der Waals surface area contributed by atoms with E-state index in [1.165, 1.54) is 18.2 Å². The molecule has 1 aromatic rings. The van der Waals surface area contributed by atoms with Crippen LogP contribution in [-0.4, -0.2) is 10.0 Å². The molecule has 0 aliphatic rings. The number of benzene rings is 1. The Morgan fingerprint density at radius 1 is 1.57 bits per heavy atom. The molecule has 0 aromatic heterocycles. The van der Waals surface area contributed by atoms with Gasteiger partial charge in [-0.15, -0.1) is 6.58 Å². The van der Waals surface area contributed by atoms with Gasteiger partial charge in [-0.05, 0) is 11.6 Å². The molecule has 0 bridgehead atoms. The van der Waals surface area contributed by atoms with Crippen LogP contribution in [0.5, 0.6) is 0 Å². The molecule has 0 saturated carbocycles. The van der Waals surface area contributed by atoms with Gasteiger partial charge in [0.2, 0.25) is 0 Å². The van der Waals surface area contributed by atoms with Gasteiger partial charge in [-0.2, -0.15) is 0 Å².